The Morgan fingerprint density at radius 2 is 1.86 bits per heavy atom. The molecule has 0 saturated heterocycles. The number of aliphatic carboxylic acids is 1. The van der Waals surface area contributed by atoms with Crippen LogP contribution in [0.5, 0.6) is 0 Å². The van der Waals surface area contributed by atoms with Gasteiger partial charge >= 0.3 is 12.1 Å². The lowest BCUT2D eigenvalue weighted by molar-refractivity contribution is -0.153. The van der Waals surface area contributed by atoms with Gasteiger partial charge in [0.05, 0.1) is 19.0 Å². The van der Waals surface area contributed by atoms with E-state index in [1.54, 1.807) is 18.4 Å². The van der Waals surface area contributed by atoms with Gasteiger partial charge in [0.15, 0.2) is 11.5 Å². The molecule has 11 nitrogen and oxygen atoms in total. The van der Waals surface area contributed by atoms with Crippen molar-refractivity contribution < 1.29 is 32.4 Å². The fraction of sp³-hybridized carbons (Fsp3) is 0.455. The van der Waals surface area contributed by atoms with Crippen molar-refractivity contribution >= 4 is 30.4 Å². The Morgan fingerprint density at radius 3 is 2.46 bits per heavy atom. The predicted octanol–water partition coefficient (Wildman–Crippen LogP) is 3.62. The van der Waals surface area contributed by atoms with E-state index >= 15 is 0 Å². The third-order valence-electron chi connectivity index (χ3n) is 5.49. The van der Waals surface area contributed by atoms with Gasteiger partial charge in [-0.15, -0.1) is 0 Å². The number of nitrogen functional groups attached to an aromatic ring is 1. The van der Waals surface area contributed by atoms with Crippen LogP contribution in [0.3, 0.4) is 0 Å². The lowest BCUT2D eigenvalue weighted by Crippen LogP contribution is -2.49. The number of benzene rings is 1. The molecule has 0 aliphatic heterocycles. The predicted molar refractivity (Wildman–Crippen MR) is 131 cm³/mol. The van der Waals surface area contributed by atoms with Gasteiger partial charge in [0, 0.05) is 0 Å². The molecule has 5 N–H and O–H groups in total. The van der Waals surface area contributed by atoms with Gasteiger partial charge in [0.2, 0.25) is 7.44 Å². The van der Waals surface area contributed by atoms with Crippen molar-refractivity contribution in [1.29, 1.82) is 0 Å². The quantitative estimate of drug-likeness (QED) is 0.263. The van der Waals surface area contributed by atoms with Gasteiger partial charge < -0.3 is 20.1 Å². The normalized spacial score (nSPS) is 15.9. The molecule has 0 fully saturated rings. The van der Waals surface area contributed by atoms with Crippen LogP contribution in [0.4, 0.5) is 19.0 Å². The lowest BCUT2D eigenvalue weighted by atomic mass is 10.1. The molecular weight excluding hydrogens is 514 g/mol. The van der Waals surface area contributed by atoms with Crippen LogP contribution in [0.25, 0.3) is 11.2 Å². The molecular formula is C22H29F3N7O4P. The van der Waals surface area contributed by atoms with E-state index in [2.05, 4.69) is 25.1 Å². The first-order chi connectivity index (χ1) is 17.1. The summed E-state index contributed by atoms with van der Waals surface area (Å²) in [4.78, 5) is 23.8. The van der Waals surface area contributed by atoms with Crippen LogP contribution in [-0.2, 0) is 20.6 Å². The zero-order valence-corrected chi connectivity index (χ0v) is 21.5. The second-order valence-corrected chi connectivity index (χ2v) is 11.4. The summed E-state index contributed by atoms with van der Waals surface area (Å²) in [6.07, 6.45) is -3.52. The van der Waals surface area contributed by atoms with E-state index in [1.807, 2.05) is 0 Å². The molecule has 3 rings (SSSR count). The summed E-state index contributed by atoms with van der Waals surface area (Å²) in [6, 6.07) is 3.20. The maximum Gasteiger partial charge on any atom is 0.408 e. The Bertz CT molecular complexity index is 1300. The minimum absolute atomic E-state index is 0.149. The van der Waals surface area contributed by atoms with Crippen molar-refractivity contribution in [2.75, 3.05) is 12.1 Å². The number of fused-ring (bicyclic) bond motifs is 1. The van der Waals surface area contributed by atoms with E-state index in [9.17, 15) is 27.6 Å². The average molecular weight is 543 g/mol. The number of nitrogens with one attached hydrogen (secondary N) is 2. The summed E-state index contributed by atoms with van der Waals surface area (Å²) in [7, 11) is -4.32. The molecule has 0 spiro atoms. The van der Waals surface area contributed by atoms with Crippen molar-refractivity contribution in [2.45, 2.75) is 58.1 Å². The molecule has 15 heteroatoms. The van der Waals surface area contributed by atoms with E-state index in [0.29, 0.717) is 11.2 Å². The first kappa shape index (κ1) is 28.5. The third kappa shape index (κ3) is 7.04. The zero-order chi connectivity index (χ0) is 27.6. The number of aryl methyl sites for hydroxylation is 1. The molecule has 3 aromatic rings. The second-order valence-electron chi connectivity index (χ2n) is 9.23. The van der Waals surface area contributed by atoms with E-state index in [1.165, 1.54) is 50.8 Å². The number of alkyl halides is 3. The van der Waals surface area contributed by atoms with Gasteiger partial charge in [-0.05, 0) is 33.3 Å². The summed E-state index contributed by atoms with van der Waals surface area (Å²) >= 11 is 0. The minimum Gasteiger partial charge on any atom is -0.480 e. The third-order valence-corrected chi connectivity index (χ3v) is 7.60. The summed E-state index contributed by atoms with van der Waals surface area (Å²) in [5, 5.41) is 14.0. The number of hydrogen-bond acceptors (Lipinski definition) is 7. The van der Waals surface area contributed by atoms with Crippen molar-refractivity contribution in [3.05, 3.63) is 48.0 Å². The Labute approximate surface area is 211 Å². The number of hydrogen-bond donors (Lipinski definition) is 4. The number of nitrogens with two attached hydrogens (primary N) is 1. The number of carboxylic acid groups (broad SMARTS) is 1. The van der Waals surface area contributed by atoms with Crippen LogP contribution in [0, 0.1) is 6.92 Å². The van der Waals surface area contributed by atoms with Crippen LogP contribution >= 0.6 is 7.44 Å². The summed E-state index contributed by atoms with van der Waals surface area (Å²) in [6.45, 7) is 5.88. The molecule has 1 aromatic carbocycles. The number of rotatable bonds is 11. The number of carboxylic acids is 1. The number of aromatic nitrogens is 4. The highest BCUT2D eigenvalue weighted by atomic mass is 31.2. The Balaban J connectivity index is 1.85. The first-order valence-electron chi connectivity index (χ1n) is 11.2. The molecule has 37 heavy (non-hydrogen) atoms. The van der Waals surface area contributed by atoms with E-state index in [-0.39, 0.29) is 17.9 Å². The van der Waals surface area contributed by atoms with Crippen LogP contribution in [-0.4, -0.2) is 54.8 Å². The van der Waals surface area contributed by atoms with E-state index in [4.69, 9.17) is 10.5 Å². The van der Waals surface area contributed by atoms with Crippen molar-refractivity contribution in [3.63, 3.8) is 0 Å². The Kier molecular flexibility index (Phi) is 8.27. The minimum atomic E-state index is -4.83. The number of carbonyl (C=O) groups is 1. The van der Waals surface area contributed by atoms with Crippen LogP contribution in [0.15, 0.2) is 36.9 Å². The molecule has 0 aliphatic rings. The maximum atomic E-state index is 14.1. The molecule has 0 bridgehead atoms. The summed E-state index contributed by atoms with van der Waals surface area (Å²) in [5.74, 6) is -1.22. The molecule has 0 amide bonds. The van der Waals surface area contributed by atoms with Gasteiger partial charge in [-0.3, -0.25) is 9.36 Å². The summed E-state index contributed by atoms with van der Waals surface area (Å²) < 4.78 is 63.3. The van der Waals surface area contributed by atoms with Crippen molar-refractivity contribution in [1.82, 2.24) is 29.7 Å². The van der Waals surface area contributed by atoms with Crippen molar-refractivity contribution in [2.24, 2.45) is 0 Å². The summed E-state index contributed by atoms with van der Waals surface area (Å²) in [5.41, 5.74) is 5.32. The molecule has 0 saturated carbocycles. The number of anilines is 1. The Morgan fingerprint density at radius 1 is 1.22 bits per heavy atom. The van der Waals surface area contributed by atoms with Crippen molar-refractivity contribution in [3.8, 4) is 0 Å². The van der Waals surface area contributed by atoms with E-state index in [0.717, 1.165) is 5.56 Å². The highest BCUT2D eigenvalue weighted by Crippen LogP contribution is 2.46. The average Bonchev–Trinajstić information content (AvgIpc) is 3.20. The highest BCUT2D eigenvalue weighted by molar-refractivity contribution is 7.59. The highest BCUT2D eigenvalue weighted by Gasteiger charge is 2.46. The zero-order valence-electron chi connectivity index (χ0n) is 20.7. The smallest absolute Gasteiger partial charge is 0.408 e. The fourth-order valence-electron chi connectivity index (χ4n) is 3.50. The van der Waals surface area contributed by atoms with Crippen LogP contribution in [0.2, 0.25) is 0 Å². The number of halogens is 3. The Hall–Kier alpha value is -3.06. The first-order valence-corrected chi connectivity index (χ1v) is 13.1. The van der Waals surface area contributed by atoms with Crippen LogP contribution in [0.1, 0.15) is 37.9 Å². The fourth-order valence-corrected chi connectivity index (χ4v) is 5.88. The van der Waals surface area contributed by atoms with Gasteiger partial charge in [-0.2, -0.15) is 13.2 Å². The molecule has 202 valence electrons. The van der Waals surface area contributed by atoms with Gasteiger partial charge in [0.1, 0.15) is 29.8 Å². The molecule has 3 atom stereocenters. The largest absolute Gasteiger partial charge is 0.480 e. The number of imidazole rings is 1. The van der Waals surface area contributed by atoms with Gasteiger partial charge in [-0.1, -0.05) is 29.8 Å². The molecule has 0 radical (unpaired) electrons. The SMILES string of the molecule is Cc1ccc([C@@H](NP(=O)(COC(C)Cn2cnc3c(N)ncnc32)NC(C)(C)C(=O)O)C(F)(F)F)cc1. The van der Waals surface area contributed by atoms with Crippen LogP contribution < -0.4 is 15.9 Å². The standard InChI is InChI=1S/C22H29F3N7O4P/c1-13-5-7-15(8-6-13)17(22(23,24)25)30-37(35,31-21(3,4)20(33)34)12-36-14(2)9-32-11-29-16-18(26)27-10-28-19(16)32/h5-8,10-11,14,17H,9,12H2,1-4H3,(H,33,34)(H2,26,27,28)(H2,30,31,35)/t14?,17-,37?/m1/s1. The maximum absolute atomic E-state index is 14.1. The molecule has 0 aliphatic carbocycles. The number of nitrogens with zero attached hydrogens (tertiary/aromatic N) is 4. The number of ether oxygens (including phenoxy) is 1. The van der Waals surface area contributed by atoms with E-state index < -0.39 is 43.6 Å². The topological polar surface area (TPSA) is 157 Å². The lowest BCUT2D eigenvalue weighted by Gasteiger charge is -2.33. The van der Waals surface area contributed by atoms with Gasteiger partial charge in [-0.25, -0.2) is 25.1 Å². The monoisotopic (exact) mass is 543 g/mol. The second kappa shape index (κ2) is 10.7. The molecule has 2 aromatic heterocycles. The van der Waals surface area contributed by atoms with Gasteiger partial charge in [0.25, 0.3) is 0 Å². The molecule has 2 unspecified atom stereocenters. The molecule has 2 heterocycles.